The number of ether oxygens (including phenoxy) is 1. The lowest BCUT2D eigenvalue weighted by molar-refractivity contribution is 0.0104. The van der Waals surface area contributed by atoms with Gasteiger partial charge in [0.1, 0.15) is 5.82 Å². The Balaban J connectivity index is 1.87. The number of hydrogen-bond acceptors (Lipinski definition) is 2. The Bertz CT molecular complexity index is 384. The Hall–Kier alpha value is -1.22. The van der Waals surface area contributed by atoms with E-state index < -0.39 is 5.82 Å². The zero-order valence-corrected chi connectivity index (χ0v) is 9.82. The van der Waals surface area contributed by atoms with E-state index in [9.17, 15) is 9.18 Å². The highest BCUT2D eigenvalue weighted by Crippen LogP contribution is 2.19. The van der Waals surface area contributed by atoms with E-state index in [2.05, 4.69) is 0 Å². The highest BCUT2D eigenvalue weighted by Gasteiger charge is 2.17. The first-order valence-corrected chi connectivity index (χ1v) is 6.16. The Labute approximate surface area is 101 Å². The van der Waals surface area contributed by atoms with Crippen LogP contribution in [-0.4, -0.2) is 18.5 Å². The fraction of sp³-hybridized carbons (Fsp3) is 0.500. The minimum Gasteiger partial charge on any atom is -0.378 e. The Morgan fingerprint density at radius 2 is 2.18 bits per heavy atom. The molecule has 0 saturated carbocycles. The maximum Gasteiger partial charge on any atom is 0.165 e. The predicted molar refractivity (Wildman–Crippen MR) is 63.6 cm³/mol. The lowest BCUT2D eigenvalue weighted by Crippen LogP contribution is -2.20. The minimum atomic E-state index is -0.429. The Morgan fingerprint density at radius 1 is 1.35 bits per heavy atom. The summed E-state index contributed by atoms with van der Waals surface area (Å²) in [5.41, 5.74) is 0.198. The van der Waals surface area contributed by atoms with Crippen LogP contribution in [0.5, 0.6) is 0 Å². The van der Waals surface area contributed by atoms with Crippen molar-refractivity contribution in [1.29, 1.82) is 0 Å². The second-order valence-electron chi connectivity index (χ2n) is 4.43. The molecular formula is C14H17FO2. The van der Waals surface area contributed by atoms with Gasteiger partial charge in [-0.3, -0.25) is 4.79 Å². The molecule has 1 atom stereocenters. The van der Waals surface area contributed by atoms with Crippen LogP contribution in [0, 0.1) is 5.82 Å². The fourth-order valence-electron chi connectivity index (χ4n) is 2.15. The summed E-state index contributed by atoms with van der Waals surface area (Å²) in [6, 6.07) is 6.15. The number of Topliss-reactive ketones (excluding diaryl/α,β-unsaturated/α-hetero) is 1. The molecule has 1 aromatic carbocycles. The van der Waals surface area contributed by atoms with Gasteiger partial charge in [0.2, 0.25) is 0 Å². The van der Waals surface area contributed by atoms with E-state index in [1.807, 2.05) is 0 Å². The molecule has 17 heavy (non-hydrogen) atoms. The van der Waals surface area contributed by atoms with Gasteiger partial charge in [0.05, 0.1) is 11.7 Å². The minimum absolute atomic E-state index is 0.128. The van der Waals surface area contributed by atoms with Crippen molar-refractivity contribution in [3.63, 3.8) is 0 Å². The normalized spacial score (nSPS) is 20.2. The lowest BCUT2D eigenvalue weighted by atomic mass is 10.00. The topological polar surface area (TPSA) is 26.3 Å². The zero-order valence-electron chi connectivity index (χ0n) is 9.82. The maximum absolute atomic E-state index is 13.4. The molecule has 0 radical (unpaired) electrons. The molecule has 0 bridgehead atoms. The van der Waals surface area contributed by atoms with Crippen LogP contribution in [0.1, 0.15) is 42.5 Å². The van der Waals surface area contributed by atoms with Gasteiger partial charge >= 0.3 is 0 Å². The van der Waals surface area contributed by atoms with Gasteiger partial charge in [0.25, 0.3) is 0 Å². The number of rotatable bonds is 4. The molecule has 1 heterocycles. The molecule has 1 unspecified atom stereocenters. The van der Waals surface area contributed by atoms with E-state index in [1.54, 1.807) is 18.2 Å². The second-order valence-corrected chi connectivity index (χ2v) is 4.43. The monoisotopic (exact) mass is 236 g/mol. The van der Waals surface area contributed by atoms with Crippen LogP contribution in [0.4, 0.5) is 4.39 Å². The molecule has 0 spiro atoms. The van der Waals surface area contributed by atoms with Crippen LogP contribution in [0.15, 0.2) is 24.3 Å². The van der Waals surface area contributed by atoms with Crippen LogP contribution in [0.2, 0.25) is 0 Å². The number of benzene rings is 1. The van der Waals surface area contributed by atoms with Crippen molar-refractivity contribution in [1.82, 2.24) is 0 Å². The van der Waals surface area contributed by atoms with Gasteiger partial charge in [-0.15, -0.1) is 0 Å². The van der Waals surface area contributed by atoms with Crippen LogP contribution in [0.3, 0.4) is 0 Å². The first-order chi connectivity index (χ1) is 8.27. The predicted octanol–water partition coefficient (Wildman–Crippen LogP) is 3.36. The van der Waals surface area contributed by atoms with Crippen molar-refractivity contribution in [3.05, 3.63) is 35.6 Å². The summed E-state index contributed by atoms with van der Waals surface area (Å²) in [6.07, 6.45) is 4.54. The molecule has 0 amide bonds. The summed E-state index contributed by atoms with van der Waals surface area (Å²) >= 11 is 0. The summed E-state index contributed by atoms with van der Waals surface area (Å²) < 4.78 is 18.9. The van der Waals surface area contributed by atoms with E-state index >= 15 is 0 Å². The molecular weight excluding hydrogens is 219 g/mol. The summed E-state index contributed by atoms with van der Waals surface area (Å²) in [5, 5.41) is 0. The Kier molecular flexibility index (Phi) is 4.26. The van der Waals surface area contributed by atoms with Gasteiger partial charge in [0.15, 0.2) is 5.78 Å². The van der Waals surface area contributed by atoms with Crippen LogP contribution < -0.4 is 0 Å². The molecule has 3 heteroatoms. The largest absolute Gasteiger partial charge is 0.378 e. The lowest BCUT2D eigenvalue weighted by Gasteiger charge is -2.22. The molecule has 92 valence electrons. The van der Waals surface area contributed by atoms with E-state index in [4.69, 9.17) is 4.74 Å². The fourth-order valence-corrected chi connectivity index (χ4v) is 2.15. The van der Waals surface area contributed by atoms with Gasteiger partial charge in [-0.1, -0.05) is 12.1 Å². The molecule has 0 aromatic heterocycles. The summed E-state index contributed by atoms with van der Waals surface area (Å²) in [5.74, 6) is -0.556. The van der Waals surface area contributed by atoms with Gasteiger partial charge in [-0.05, 0) is 37.8 Å². The third-order valence-electron chi connectivity index (χ3n) is 3.14. The van der Waals surface area contributed by atoms with Crippen molar-refractivity contribution >= 4 is 5.78 Å². The number of halogens is 1. The van der Waals surface area contributed by atoms with E-state index in [1.165, 1.54) is 12.5 Å². The Morgan fingerprint density at radius 3 is 2.88 bits per heavy atom. The first-order valence-electron chi connectivity index (χ1n) is 6.16. The van der Waals surface area contributed by atoms with Crippen molar-refractivity contribution in [2.45, 2.75) is 38.2 Å². The molecule has 1 aliphatic heterocycles. The van der Waals surface area contributed by atoms with E-state index in [-0.39, 0.29) is 17.5 Å². The van der Waals surface area contributed by atoms with Crippen LogP contribution >= 0.6 is 0 Å². The third-order valence-corrected chi connectivity index (χ3v) is 3.14. The highest BCUT2D eigenvalue weighted by molar-refractivity contribution is 5.96. The summed E-state index contributed by atoms with van der Waals surface area (Å²) in [4.78, 5) is 11.8. The van der Waals surface area contributed by atoms with Crippen molar-refractivity contribution in [2.24, 2.45) is 0 Å². The maximum atomic E-state index is 13.4. The van der Waals surface area contributed by atoms with Gasteiger partial charge in [-0.2, -0.15) is 0 Å². The van der Waals surface area contributed by atoms with E-state index in [0.29, 0.717) is 12.8 Å². The average Bonchev–Trinajstić information content (AvgIpc) is 2.38. The van der Waals surface area contributed by atoms with Crippen LogP contribution in [0.25, 0.3) is 0 Å². The highest BCUT2D eigenvalue weighted by atomic mass is 19.1. The van der Waals surface area contributed by atoms with Gasteiger partial charge in [0, 0.05) is 13.0 Å². The number of carbonyl (C=O) groups is 1. The van der Waals surface area contributed by atoms with Gasteiger partial charge in [-0.25, -0.2) is 4.39 Å². The smallest absolute Gasteiger partial charge is 0.165 e. The third kappa shape index (κ3) is 3.37. The van der Waals surface area contributed by atoms with Crippen molar-refractivity contribution in [2.75, 3.05) is 6.61 Å². The number of carbonyl (C=O) groups excluding carboxylic acids is 1. The molecule has 1 aliphatic rings. The molecule has 2 nitrogen and oxygen atoms in total. The molecule has 2 rings (SSSR count). The van der Waals surface area contributed by atoms with Gasteiger partial charge < -0.3 is 4.74 Å². The standard InChI is InChI=1S/C14H17FO2/c15-13-7-2-1-6-12(13)14(16)9-8-11-5-3-4-10-17-11/h1-2,6-7,11H,3-5,8-10H2. The average molecular weight is 236 g/mol. The quantitative estimate of drug-likeness (QED) is 0.749. The zero-order chi connectivity index (χ0) is 12.1. The summed E-state index contributed by atoms with van der Waals surface area (Å²) in [7, 11) is 0. The molecule has 0 N–H and O–H groups in total. The van der Waals surface area contributed by atoms with E-state index in [0.717, 1.165) is 19.4 Å². The number of ketones is 1. The molecule has 0 aliphatic carbocycles. The molecule has 1 aromatic rings. The SMILES string of the molecule is O=C(CCC1CCCCO1)c1ccccc1F. The second kappa shape index (κ2) is 5.92. The first kappa shape index (κ1) is 12.2. The summed E-state index contributed by atoms with van der Waals surface area (Å²) in [6.45, 7) is 0.790. The van der Waals surface area contributed by atoms with Crippen molar-refractivity contribution < 1.29 is 13.9 Å². The number of hydrogen-bond donors (Lipinski definition) is 0. The van der Waals surface area contributed by atoms with Crippen molar-refractivity contribution in [3.8, 4) is 0 Å². The van der Waals surface area contributed by atoms with Crippen LogP contribution in [-0.2, 0) is 4.74 Å². The molecule has 1 saturated heterocycles. The molecule has 1 fully saturated rings.